The number of hydrogen-bond donors (Lipinski definition) is 1. The van der Waals surface area contributed by atoms with Gasteiger partial charge in [0.2, 0.25) is 0 Å². The number of fused-ring (bicyclic) bond motifs is 1. The second-order valence-electron chi connectivity index (χ2n) is 7.90. The topological polar surface area (TPSA) is 74.6 Å². The normalized spacial score (nSPS) is 10.8. The number of benzene rings is 3. The molecule has 182 valence electrons. The molecule has 0 radical (unpaired) electrons. The van der Waals surface area contributed by atoms with Crippen molar-refractivity contribution in [2.24, 2.45) is 0 Å². The molecule has 35 heavy (non-hydrogen) atoms. The van der Waals surface area contributed by atoms with E-state index in [1.807, 2.05) is 42.5 Å². The molecule has 0 bridgehead atoms. The van der Waals surface area contributed by atoms with Crippen LogP contribution in [0.3, 0.4) is 0 Å². The van der Waals surface area contributed by atoms with Crippen molar-refractivity contribution in [1.82, 2.24) is 14.9 Å². The molecule has 0 atom stereocenters. The molecule has 0 saturated carbocycles. The van der Waals surface area contributed by atoms with Crippen LogP contribution in [0, 0.1) is 0 Å². The Balaban J connectivity index is 1.35. The highest BCUT2D eigenvalue weighted by Gasteiger charge is 2.13. The third-order valence-electron chi connectivity index (χ3n) is 5.64. The van der Waals surface area contributed by atoms with Crippen molar-refractivity contribution in [2.45, 2.75) is 19.4 Å². The van der Waals surface area contributed by atoms with Gasteiger partial charge in [-0.05, 0) is 61.0 Å². The van der Waals surface area contributed by atoms with E-state index in [9.17, 15) is 4.79 Å². The molecule has 0 spiro atoms. The fraction of sp³-hybridized carbons (Fsp3) is 0.259. The van der Waals surface area contributed by atoms with Gasteiger partial charge in [0.05, 0.1) is 31.8 Å². The lowest BCUT2D eigenvalue weighted by atomic mass is 10.2. The Morgan fingerprint density at radius 1 is 1.00 bits per heavy atom. The van der Waals surface area contributed by atoms with E-state index in [1.165, 1.54) is 0 Å². The maximum atomic E-state index is 12.6. The third-order valence-corrected chi connectivity index (χ3v) is 5.89. The van der Waals surface area contributed by atoms with Crippen LogP contribution in [-0.2, 0) is 13.0 Å². The Morgan fingerprint density at radius 3 is 2.54 bits per heavy atom. The lowest BCUT2D eigenvalue weighted by Gasteiger charge is -2.12. The Kier molecular flexibility index (Phi) is 8.11. The summed E-state index contributed by atoms with van der Waals surface area (Å²) in [6, 6.07) is 20.5. The van der Waals surface area contributed by atoms with Crippen molar-refractivity contribution in [2.75, 3.05) is 27.4 Å². The van der Waals surface area contributed by atoms with Gasteiger partial charge < -0.3 is 24.1 Å². The number of imidazole rings is 1. The molecular weight excluding hydrogens is 466 g/mol. The maximum absolute atomic E-state index is 12.6. The molecule has 4 rings (SSSR count). The Labute approximate surface area is 209 Å². The van der Waals surface area contributed by atoms with Crippen LogP contribution in [0.25, 0.3) is 11.0 Å². The number of amides is 1. The predicted octanol–water partition coefficient (Wildman–Crippen LogP) is 5.15. The molecular formula is C27H28ClN3O4. The summed E-state index contributed by atoms with van der Waals surface area (Å²) in [6.45, 7) is 1.69. The van der Waals surface area contributed by atoms with Gasteiger partial charge in [-0.2, -0.15) is 0 Å². The van der Waals surface area contributed by atoms with Gasteiger partial charge in [0.25, 0.3) is 5.91 Å². The molecule has 0 fully saturated rings. The standard InChI is InChI=1S/C27H28ClN3O4/c1-33-24-14-9-19(18-25(24)34-2)27(32)29-15-5-8-26-30-22-6-3-4-7-23(22)31(26)16-17-35-21-12-10-20(28)11-13-21/h3-4,6-7,9-14,18H,5,8,15-17H2,1-2H3,(H,29,32). The van der Waals surface area contributed by atoms with Gasteiger partial charge in [0.15, 0.2) is 11.5 Å². The summed E-state index contributed by atoms with van der Waals surface area (Å²) < 4.78 is 18.6. The van der Waals surface area contributed by atoms with Crippen molar-refractivity contribution in [3.05, 3.63) is 83.1 Å². The minimum Gasteiger partial charge on any atom is -0.493 e. The SMILES string of the molecule is COc1ccc(C(=O)NCCCc2nc3ccccc3n2CCOc2ccc(Cl)cc2)cc1OC. The van der Waals surface area contributed by atoms with Crippen LogP contribution in [0.4, 0.5) is 0 Å². The van der Waals surface area contributed by atoms with Crippen LogP contribution < -0.4 is 19.5 Å². The number of aryl methyl sites for hydroxylation is 1. The maximum Gasteiger partial charge on any atom is 0.251 e. The van der Waals surface area contributed by atoms with E-state index in [2.05, 4.69) is 16.0 Å². The zero-order valence-corrected chi connectivity index (χ0v) is 20.5. The van der Waals surface area contributed by atoms with Gasteiger partial charge >= 0.3 is 0 Å². The molecule has 1 heterocycles. The number of halogens is 1. The zero-order valence-electron chi connectivity index (χ0n) is 19.8. The molecule has 0 aliphatic carbocycles. The van der Waals surface area contributed by atoms with Crippen LogP contribution >= 0.6 is 11.6 Å². The van der Waals surface area contributed by atoms with Crippen LogP contribution in [0.15, 0.2) is 66.7 Å². The number of aromatic nitrogens is 2. The van der Waals surface area contributed by atoms with Gasteiger partial charge in [0.1, 0.15) is 18.2 Å². The number of para-hydroxylation sites is 2. The molecule has 0 saturated heterocycles. The lowest BCUT2D eigenvalue weighted by molar-refractivity contribution is 0.0952. The number of carbonyl (C=O) groups excluding carboxylic acids is 1. The van der Waals surface area contributed by atoms with Crippen LogP contribution in [-0.4, -0.2) is 42.8 Å². The summed E-state index contributed by atoms with van der Waals surface area (Å²) in [4.78, 5) is 17.4. The highest BCUT2D eigenvalue weighted by atomic mass is 35.5. The quantitative estimate of drug-likeness (QED) is 0.292. The minimum absolute atomic E-state index is 0.157. The van der Waals surface area contributed by atoms with Crippen molar-refractivity contribution in [1.29, 1.82) is 0 Å². The second-order valence-corrected chi connectivity index (χ2v) is 8.34. The summed E-state index contributed by atoms with van der Waals surface area (Å²) in [5.41, 5.74) is 2.54. The smallest absolute Gasteiger partial charge is 0.251 e. The predicted molar refractivity (Wildman–Crippen MR) is 137 cm³/mol. The van der Waals surface area contributed by atoms with E-state index in [0.29, 0.717) is 41.8 Å². The first-order valence-corrected chi connectivity index (χ1v) is 11.8. The number of ether oxygens (including phenoxy) is 3. The highest BCUT2D eigenvalue weighted by molar-refractivity contribution is 6.30. The number of rotatable bonds is 11. The van der Waals surface area contributed by atoms with Crippen LogP contribution in [0.2, 0.25) is 5.02 Å². The summed E-state index contributed by atoms with van der Waals surface area (Å²) >= 11 is 5.95. The number of methoxy groups -OCH3 is 2. The van der Waals surface area contributed by atoms with E-state index in [1.54, 1.807) is 32.4 Å². The van der Waals surface area contributed by atoms with Crippen molar-refractivity contribution in [3.63, 3.8) is 0 Å². The van der Waals surface area contributed by atoms with E-state index >= 15 is 0 Å². The monoisotopic (exact) mass is 493 g/mol. The summed E-state index contributed by atoms with van der Waals surface area (Å²) in [5.74, 6) is 2.69. The zero-order chi connectivity index (χ0) is 24.6. The first kappa shape index (κ1) is 24.4. The number of carbonyl (C=O) groups is 1. The average molecular weight is 494 g/mol. The number of nitrogens with zero attached hydrogens (tertiary/aromatic N) is 2. The first-order valence-electron chi connectivity index (χ1n) is 11.4. The van der Waals surface area contributed by atoms with E-state index in [-0.39, 0.29) is 5.91 Å². The molecule has 1 amide bonds. The summed E-state index contributed by atoms with van der Waals surface area (Å²) in [6.07, 6.45) is 1.47. The van der Waals surface area contributed by atoms with Crippen molar-refractivity contribution < 1.29 is 19.0 Å². The fourth-order valence-electron chi connectivity index (χ4n) is 3.88. The molecule has 1 aromatic heterocycles. The van der Waals surface area contributed by atoms with E-state index in [4.69, 9.17) is 30.8 Å². The summed E-state index contributed by atoms with van der Waals surface area (Å²) in [5, 5.41) is 3.65. The molecule has 0 aliphatic heterocycles. The van der Waals surface area contributed by atoms with Gasteiger partial charge in [-0.25, -0.2) is 4.98 Å². The Hall–Kier alpha value is -3.71. The molecule has 3 aromatic carbocycles. The average Bonchev–Trinajstić information content (AvgIpc) is 3.24. The largest absolute Gasteiger partial charge is 0.493 e. The van der Waals surface area contributed by atoms with Gasteiger partial charge in [-0.15, -0.1) is 0 Å². The first-order chi connectivity index (χ1) is 17.1. The Bertz CT molecular complexity index is 1290. The molecule has 1 N–H and O–H groups in total. The number of hydrogen-bond acceptors (Lipinski definition) is 5. The van der Waals surface area contributed by atoms with Crippen LogP contribution in [0.1, 0.15) is 22.6 Å². The van der Waals surface area contributed by atoms with Gasteiger partial charge in [-0.3, -0.25) is 4.79 Å². The molecule has 0 unspecified atom stereocenters. The highest BCUT2D eigenvalue weighted by Crippen LogP contribution is 2.27. The molecule has 4 aromatic rings. The molecule has 7 nitrogen and oxygen atoms in total. The minimum atomic E-state index is -0.157. The van der Waals surface area contributed by atoms with E-state index in [0.717, 1.165) is 35.4 Å². The molecule has 0 aliphatic rings. The van der Waals surface area contributed by atoms with E-state index < -0.39 is 0 Å². The second kappa shape index (κ2) is 11.6. The Morgan fingerprint density at radius 2 is 1.77 bits per heavy atom. The van der Waals surface area contributed by atoms with Crippen LogP contribution in [0.5, 0.6) is 17.2 Å². The third kappa shape index (κ3) is 6.05. The lowest BCUT2D eigenvalue weighted by Crippen LogP contribution is -2.25. The summed E-state index contributed by atoms with van der Waals surface area (Å²) in [7, 11) is 3.11. The van der Waals surface area contributed by atoms with Crippen molar-refractivity contribution >= 4 is 28.5 Å². The molecule has 8 heteroatoms. The van der Waals surface area contributed by atoms with Gasteiger partial charge in [0, 0.05) is 23.6 Å². The number of nitrogens with one attached hydrogen (secondary N) is 1. The van der Waals surface area contributed by atoms with Crippen molar-refractivity contribution in [3.8, 4) is 17.2 Å². The fourth-order valence-corrected chi connectivity index (χ4v) is 4.01. The van der Waals surface area contributed by atoms with Gasteiger partial charge in [-0.1, -0.05) is 23.7 Å².